The molecule has 1 aliphatic rings. The van der Waals surface area contributed by atoms with Gasteiger partial charge < -0.3 is 15.4 Å². The van der Waals surface area contributed by atoms with Gasteiger partial charge in [-0.15, -0.1) is 0 Å². The van der Waals surface area contributed by atoms with Crippen molar-refractivity contribution in [2.45, 2.75) is 12.0 Å². The maximum Gasteiger partial charge on any atom is 0.248 e. The van der Waals surface area contributed by atoms with E-state index in [2.05, 4.69) is 0 Å². The molecular formula is C19H20N2O3. The summed E-state index contributed by atoms with van der Waals surface area (Å²) in [6.45, 7) is 0.971. The third-order valence-electron chi connectivity index (χ3n) is 4.21. The Kier molecular flexibility index (Phi) is 4.91. The van der Waals surface area contributed by atoms with Crippen molar-refractivity contribution in [3.8, 4) is 0 Å². The fourth-order valence-corrected chi connectivity index (χ4v) is 2.97. The summed E-state index contributed by atoms with van der Waals surface area (Å²) < 4.78 is 5.34. The maximum absolute atomic E-state index is 13.2. The quantitative estimate of drug-likeness (QED) is 0.927. The lowest BCUT2D eigenvalue weighted by molar-refractivity contribution is -0.145. The summed E-state index contributed by atoms with van der Waals surface area (Å²) in [6, 6.07) is 19.3. The van der Waals surface area contributed by atoms with Crippen LogP contribution in [0.5, 0.6) is 0 Å². The predicted octanol–water partition coefficient (Wildman–Crippen LogP) is 1.53. The Bertz CT molecular complexity index is 664. The zero-order valence-electron chi connectivity index (χ0n) is 13.3. The Morgan fingerprint density at radius 1 is 1.00 bits per heavy atom. The third kappa shape index (κ3) is 3.46. The minimum Gasteiger partial charge on any atom is -0.367 e. The molecule has 0 bridgehead atoms. The van der Waals surface area contributed by atoms with E-state index in [9.17, 15) is 9.59 Å². The molecule has 2 aromatic rings. The van der Waals surface area contributed by atoms with Gasteiger partial charge in [-0.3, -0.25) is 9.59 Å². The molecule has 2 N–H and O–H groups in total. The molecule has 0 aliphatic carbocycles. The van der Waals surface area contributed by atoms with E-state index in [-0.39, 0.29) is 12.5 Å². The second-order valence-electron chi connectivity index (χ2n) is 5.80. The topological polar surface area (TPSA) is 72.6 Å². The van der Waals surface area contributed by atoms with Gasteiger partial charge in [0, 0.05) is 6.54 Å². The smallest absolute Gasteiger partial charge is 0.248 e. The maximum atomic E-state index is 13.2. The van der Waals surface area contributed by atoms with Crippen molar-refractivity contribution in [2.75, 3.05) is 19.7 Å². The first kappa shape index (κ1) is 16.2. The molecule has 1 unspecified atom stereocenters. The normalized spacial score (nSPS) is 17.7. The molecule has 1 aliphatic heterocycles. The molecule has 124 valence electrons. The summed E-state index contributed by atoms with van der Waals surface area (Å²) in [7, 11) is 0. The highest BCUT2D eigenvalue weighted by atomic mass is 16.5. The van der Waals surface area contributed by atoms with Gasteiger partial charge in [0.15, 0.2) is 6.10 Å². The van der Waals surface area contributed by atoms with Crippen molar-refractivity contribution in [1.82, 2.24) is 4.90 Å². The number of hydrogen-bond acceptors (Lipinski definition) is 3. The van der Waals surface area contributed by atoms with Crippen molar-refractivity contribution < 1.29 is 14.3 Å². The first-order valence-electron chi connectivity index (χ1n) is 7.96. The Balaban J connectivity index is 1.91. The molecule has 5 heteroatoms. The molecule has 3 rings (SSSR count). The summed E-state index contributed by atoms with van der Waals surface area (Å²) in [4.78, 5) is 26.2. The van der Waals surface area contributed by atoms with Gasteiger partial charge >= 0.3 is 0 Å². The highest BCUT2D eigenvalue weighted by molar-refractivity contribution is 5.88. The van der Waals surface area contributed by atoms with Crippen molar-refractivity contribution >= 4 is 11.8 Å². The van der Waals surface area contributed by atoms with E-state index in [0.29, 0.717) is 13.2 Å². The second kappa shape index (κ2) is 7.27. The number of hydrogen-bond donors (Lipinski definition) is 1. The largest absolute Gasteiger partial charge is 0.367 e. The molecule has 1 saturated heterocycles. The van der Waals surface area contributed by atoms with Crippen LogP contribution >= 0.6 is 0 Å². The zero-order chi connectivity index (χ0) is 16.9. The van der Waals surface area contributed by atoms with Crippen molar-refractivity contribution in [3.63, 3.8) is 0 Å². The number of primary amides is 1. The molecule has 1 atom stereocenters. The van der Waals surface area contributed by atoms with Crippen LogP contribution in [0, 0.1) is 0 Å². The van der Waals surface area contributed by atoms with Gasteiger partial charge in [0.2, 0.25) is 11.8 Å². The minimum atomic E-state index is -0.741. The SMILES string of the molecule is NC(=O)C1CN(C(=O)C(c2ccccc2)c2ccccc2)CCO1. The van der Waals surface area contributed by atoms with E-state index in [1.807, 2.05) is 60.7 Å². The Hall–Kier alpha value is -2.66. The summed E-state index contributed by atoms with van der Waals surface area (Å²) in [6.07, 6.45) is -0.741. The number of morpholine rings is 1. The summed E-state index contributed by atoms with van der Waals surface area (Å²) in [5.41, 5.74) is 7.18. The molecule has 0 spiro atoms. The first-order chi connectivity index (χ1) is 11.7. The van der Waals surface area contributed by atoms with E-state index < -0.39 is 17.9 Å². The van der Waals surface area contributed by atoms with Gasteiger partial charge in [-0.05, 0) is 11.1 Å². The lowest BCUT2D eigenvalue weighted by atomic mass is 9.90. The first-order valence-corrected chi connectivity index (χ1v) is 7.96. The van der Waals surface area contributed by atoms with Crippen molar-refractivity contribution in [1.29, 1.82) is 0 Å². The van der Waals surface area contributed by atoms with E-state index in [1.54, 1.807) is 4.90 Å². The number of carbonyl (C=O) groups is 2. The molecule has 5 nitrogen and oxygen atoms in total. The standard InChI is InChI=1S/C19H20N2O3/c20-18(22)16-13-21(11-12-24-16)19(23)17(14-7-3-1-4-8-14)15-9-5-2-6-10-15/h1-10,16-17H,11-13H2,(H2,20,22). The zero-order valence-corrected chi connectivity index (χ0v) is 13.3. The van der Waals surface area contributed by atoms with Crippen LogP contribution in [0.2, 0.25) is 0 Å². The number of carbonyl (C=O) groups excluding carboxylic acids is 2. The van der Waals surface area contributed by atoms with Gasteiger partial charge in [-0.1, -0.05) is 60.7 Å². The highest BCUT2D eigenvalue weighted by Crippen LogP contribution is 2.27. The van der Waals surface area contributed by atoms with Crippen LogP contribution in [-0.4, -0.2) is 42.5 Å². The van der Waals surface area contributed by atoms with Crippen LogP contribution in [0.4, 0.5) is 0 Å². The van der Waals surface area contributed by atoms with Gasteiger partial charge in [-0.25, -0.2) is 0 Å². The Labute approximate surface area is 141 Å². The molecule has 1 heterocycles. The van der Waals surface area contributed by atoms with Crippen LogP contribution < -0.4 is 5.73 Å². The number of ether oxygens (including phenoxy) is 1. The summed E-state index contributed by atoms with van der Waals surface area (Å²) >= 11 is 0. The van der Waals surface area contributed by atoms with Crippen LogP contribution in [-0.2, 0) is 14.3 Å². The van der Waals surface area contributed by atoms with Crippen LogP contribution in [0.15, 0.2) is 60.7 Å². The van der Waals surface area contributed by atoms with Gasteiger partial charge in [-0.2, -0.15) is 0 Å². The fourth-order valence-electron chi connectivity index (χ4n) is 2.97. The molecule has 1 fully saturated rings. The van der Waals surface area contributed by atoms with E-state index in [4.69, 9.17) is 10.5 Å². The second-order valence-corrected chi connectivity index (χ2v) is 5.80. The number of nitrogens with two attached hydrogens (primary N) is 1. The fraction of sp³-hybridized carbons (Fsp3) is 0.263. The number of amides is 2. The number of rotatable bonds is 4. The molecule has 0 aromatic heterocycles. The number of nitrogens with zero attached hydrogens (tertiary/aromatic N) is 1. The number of benzene rings is 2. The van der Waals surface area contributed by atoms with Crippen LogP contribution in [0.1, 0.15) is 17.0 Å². The Morgan fingerprint density at radius 2 is 1.54 bits per heavy atom. The third-order valence-corrected chi connectivity index (χ3v) is 4.21. The molecule has 2 amide bonds. The van der Waals surface area contributed by atoms with Crippen LogP contribution in [0.3, 0.4) is 0 Å². The molecule has 24 heavy (non-hydrogen) atoms. The van der Waals surface area contributed by atoms with E-state index in [0.717, 1.165) is 11.1 Å². The van der Waals surface area contributed by atoms with Crippen molar-refractivity contribution in [3.05, 3.63) is 71.8 Å². The van der Waals surface area contributed by atoms with Crippen LogP contribution in [0.25, 0.3) is 0 Å². The van der Waals surface area contributed by atoms with E-state index >= 15 is 0 Å². The average molecular weight is 324 g/mol. The predicted molar refractivity (Wildman–Crippen MR) is 90.2 cm³/mol. The van der Waals surface area contributed by atoms with Crippen molar-refractivity contribution in [2.24, 2.45) is 5.73 Å². The summed E-state index contributed by atoms with van der Waals surface area (Å²) in [5.74, 6) is -0.982. The average Bonchev–Trinajstić information content (AvgIpc) is 2.64. The monoisotopic (exact) mass is 324 g/mol. The molecule has 0 saturated carbocycles. The molecule has 2 aromatic carbocycles. The summed E-state index contributed by atoms with van der Waals surface area (Å²) in [5, 5.41) is 0. The molecule has 0 radical (unpaired) electrons. The van der Waals surface area contributed by atoms with Gasteiger partial charge in [0.25, 0.3) is 0 Å². The highest BCUT2D eigenvalue weighted by Gasteiger charge is 2.33. The van der Waals surface area contributed by atoms with Gasteiger partial charge in [0.1, 0.15) is 0 Å². The lowest BCUT2D eigenvalue weighted by Gasteiger charge is -2.34. The van der Waals surface area contributed by atoms with E-state index in [1.165, 1.54) is 0 Å². The Morgan fingerprint density at radius 3 is 2.04 bits per heavy atom. The van der Waals surface area contributed by atoms with Gasteiger partial charge in [0.05, 0.1) is 19.1 Å². The lowest BCUT2D eigenvalue weighted by Crippen LogP contribution is -2.51. The molecular weight excluding hydrogens is 304 g/mol. The minimum absolute atomic E-state index is 0.0399.